The minimum atomic E-state index is 0.582. The average molecular weight is 927 g/mol. The van der Waals surface area contributed by atoms with Crippen molar-refractivity contribution in [2.24, 2.45) is 0 Å². The highest BCUT2D eigenvalue weighted by Gasteiger charge is 2.24. The molecule has 0 N–H and O–H groups in total. The van der Waals surface area contributed by atoms with E-state index in [2.05, 4.69) is 233 Å². The Morgan fingerprint density at radius 3 is 0.944 bits per heavy atom. The Labute approximate surface area is 421 Å². The number of hydrogen-bond donors (Lipinski definition) is 0. The predicted octanol–water partition coefficient (Wildman–Crippen LogP) is 17.9. The monoisotopic (exact) mass is 926 g/mol. The molecule has 4 heteroatoms. The van der Waals surface area contributed by atoms with Crippen molar-refractivity contribution in [2.45, 2.75) is 55.4 Å². The average Bonchev–Trinajstić information content (AvgIpc) is 3.87. The summed E-state index contributed by atoms with van der Waals surface area (Å²) in [5.41, 5.74) is 27.8. The largest absolute Gasteiger partial charge is 0.307 e. The van der Waals surface area contributed by atoms with Gasteiger partial charge in [-0.05, 0) is 176 Å². The number of benzene rings is 9. The molecule has 0 fully saturated rings. The first-order valence-corrected chi connectivity index (χ1v) is 24.9. The van der Waals surface area contributed by atoms with E-state index in [1.54, 1.807) is 0 Å². The Morgan fingerprint density at radius 2 is 0.639 bits per heavy atom. The van der Waals surface area contributed by atoms with Crippen LogP contribution in [0.25, 0.3) is 111 Å². The Bertz CT molecular complexity index is 4030. The number of nitrogens with zero attached hydrogens (tertiary/aromatic N) is 4. The van der Waals surface area contributed by atoms with E-state index in [0.717, 1.165) is 88.4 Å². The van der Waals surface area contributed by atoms with Crippen LogP contribution in [0.4, 0.5) is 0 Å². The molecule has 0 unspecified atom stereocenters. The number of rotatable bonds is 7. The van der Waals surface area contributed by atoms with Crippen LogP contribution >= 0.6 is 0 Å². The van der Waals surface area contributed by atoms with E-state index in [1.807, 2.05) is 24.5 Å². The van der Waals surface area contributed by atoms with E-state index in [-0.39, 0.29) is 0 Å². The lowest BCUT2D eigenvalue weighted by Crippen LogP contribution is -2.06. The van der Waals surface area contributed by atoms with Crippen molar-refractivity contribution in [1.29, 1.82) is 5.26 Å². The molecule has 0 radical (unpaired) electrons. The van der Waals surface area contributed by atoms with E-state index in [1.165, 1.54) is 66.8 Å². The Balaban J connectivity index is 1.26. The molecule has 0 saturated carbocycles. The topological polar surface area (TPSA) is 46.5 Å². The molecular weight excluding hydrogens is 873 g/mol. The summed E-state index contributed by atoms with van der Waals surface area (Å²) in [5, 5.41) is 15.9. The summed E-state index contributed by atoms with van der Waals surface area (Å²) in [4.78, 5) is 4.40. The molecule has 4 nitrogen and oxygen atoms in total. The lowest BCUT2D eigenvalue weighted by molar-refractivity contribution is 1.09. The van der Waals surface area contributed by atoms with Gasteiger partial charge in [-0.1, -0.05) is 144 Å². The van der Waals surface area contributed by atoms with Crippen LogP contribution < -0.4 is 0 Å². The molecule has 12 aromatic rings. The SMILES string of the molecule is Cc1ccc(-c2ccc3c4ccc(-c5ccc(C)cc5C)cc4n(-c4cc(C#N)c(-c5ccncc5)cc4-n4c5cc(-c6ccc(C)cc6C)ccc5c5ccc(-c6ccc(C)cc6C)cc54)c3c2)c(C)c1. The number of aromatic nitrogens is 3. The molecule has 3 heterocycles. The first-order valence-electron chi connectivity index (χ1n) is 24.9. The zero-order valence-electron chi connectivity index (χ0n) is 42.1. The lowest BCUT2D eigenvalue weighted by atomic mass is 9.96. The van der Waals surface area contributed by atoms with Crippen LogP contribution in [0.5, 0.6) is 0 Å². The van der Waals surface area contributed by atoms with Crippen LogP contribution in [0.2, 0.25) is 0 Å². The molecule has 0 bridgehead atoms. The second kappa shape index (κ2) is 17.3. The second-order valence-electron chi connectivity index (χ2n) is 20.1. The van der Waals surface area contributed by atoms with E-state index >= 15 is 0 Å². The molecule has 0 saturated heterocycles. The molecule has 0 spiro atoms. The third kappa shape index (κ3) is 7.40. The number of fused-ring (bicyclic) bond motifs is 6. The van der Waals surface area contributed by atoms with Gasteiger partial charge < -0.3 is 9.13 Å². The van der Waals surface area contributed by atoms with Crippen molar-refractivity contribution in [3.05, 3.63) is 232 Å². The molecular formula is C68H54N4. The normalized spacial score (nSPS) is 11.6. The molecule has 0 aliphatic rings. The fourth-order valence-electron chi connectivity index (χ4n) is 11.6. The molecule has 72 heavy (non-hydrogen) atoms. The second-order valence-corrected chi connectivity index (χ2v) is 20.1. The maximum Gasteiger partial charge on any atom is 0.0998 e. The third-order valence-electron chi connectivity index (χ3n) is 15.0. The number of nitriles is 1. The van der Waals surface area contributed by atoms with E-state index < -0.39 is 0 Å². The molecule has 0 aliphatic heterocycles. The summed E-state index contributed by atoms with van der Waals surface area (Å²) in [5.74, 6) is 0. The zero-order valence-corrected chi connectivity index (χ0v) is 42.1. The molecule has 0 amide bonds. The Hall–Kier alpha value is -8.78. The van der Waals surface area contributed by atoms with Gasteiger partial charge in [0.05, 0.1) is 45.1 Å². The molecule has 3 aromatic heterocycles. The van der Waals surface area contributed by atoms with Crippen LogP contribution in [0, 0.1) is 66.7 Å². The van der Waals surface area contributed by atoms with Crippen LogP contribution in [-0.4, -0.2) is 14.1 Å². The summed E-state index contributed by atoms with van der Waals surface area (Å²) in [6.07, 6.45) is 3.63. The van der Waals surface area contributed by atoms with Gasteiger partial charge in [-0.2, -0.15) is 5.26 Å². The van der Waals surface area contributed by atoms with Gasteiger partial charge in [0.15, 0.2) is 0 Å². The van der Waals surface area contributed by atoms with Gasteiger partial charge in [-0.15, -0.1) is 0 Å². The van der Waals surface area contributed by atoms with E-state index in [4.69, 9.17) is 0 Å². The van der Waals surface area contributed by atoms with Gasteiger partial charge in [0.2, 0.25) is 0 Å². The van der Waals surface area contributed by atoms with Gasteiger partial charge >= 0.3 is 0 Å². The number of hydrogen-bond acceptors (Lipinski definition) is 2. The first-order chi connectivity index (χ1) is 34.9. The standard InChI is InChI=1S/C68H54N4/c1-40-9-17-54(44(5)29-40)49-13-21-58-59-22-14-50(55-18-10-41(2)30-45(55)6)34-64(59)71(63(58)33-49)67-37-53(39-69)62(48-25-27-70-28-26-48)38-68(67)72-65-35-51(56-19-11-42(3)31-46(56)7)15-23-60(65)61-24-16-52(36-66(61)72)57-20-12-43(4)32-47(57)8/h9-38H,1-8H3. The Morgan fingerprint density at radius 1 is 0.319 bits per heavy atom. The predicted molar refractivity (Wildman–Crippen MR) is 303 cm³/mol. The van der Waals surface area contributed by atoms with Crippen molar-refractivity contribution in [1.82, 2.24) is 14.1 Å². The quantitative estimate of drug-likeness (QED) is 0.160. The van der Waals surface area contributed by atoms with Crippen molar-refractivity contribution < 1.29 is 0 Å². The number of pyridine rings is 1. The first kappa shape index (κ1) is 44.4. The Kier molecular flexibility index (Phi) is 10.7. The summed E-state index contributed by atoms with van der Waals surface area (Å²) < 4.78 is 4.92. The fraction of sp³-hybridized carbons (Fsp3) is 0.118. The molecule has 9 aromatic carbocycles. The summed E-state index contributed by atoms with van der Waals surface area (Å²) >= 11 is 0. The highest BCUT2D eigenvalue weighted by atomic mass is 15.1. The van der Waals surface area contributed by atoms with Gasteiger partial charge in [-0.3, -0.25) is 4.98 Å². The summed E-state index contributed by atoms with van der Waals surface area (Å²) in [6.45, 7) is 17.4. The summed E-state index contributed by atoms with van der Waals surface area (Å²) in [6, 6.07) is 65.8. The van der Waals surface area contributed by atoms with E-state index in [0.29, 0.717) is 5.56 Å². The minimum absolute atomic E-state index is 0.582. The maximum atomic E-state index is 11.3. The van der Waals surface area contributed by atoms with Gasteiger partial charge in [0, 0.05) is 39.5 Å². The molecule has 12 rings (SSSR count). The molecule has 346 valence electrons. The smallest absolute Gasteiger partial charge is 0.0998 e. The maximum absolute atomic E-state index is 11.3. The minimum Gasteiger partial charge on any atom is -0.307 e. The fourth-order valence-corrected chi connectivity index (χ4v) is 11.6. The van der Waals surface area contributed by atoms with Crippen LogP contribution in [-0.2, 0) is 0 Å². The third-order valence-corrected chi connectivity index (χ3v) is 15.0. The zero-order chi connectivity index (χ0) is 49.5. The van der Waals surface area contributed by atoms with E-state index in [9.17, 15) is 5.26 Å². The molecule has 0 aliphatic carbocycles. The van der Waals surface area contributed by atoms with Crippen molar-refractivity contribution in [3.8, 4) is 73.1 Å². The summed E-state index contributed by atoms with van der Waals surface area (Å²) in [7, 11) is 0. The van der Waals surface area contributed by atoms with Gasteiger partial charge in [0.25, 0.3) is 0 Å². The van der Waals surface area contributed by atoms with Crippen molar-refractivity contribution in [3.63, 3.8) is 0 Å². The van der Waals surface area contributed by atoms with Crippen LogP contribution in [0.15, 0.2) is 182 Å². The van der Waals surface area contributed by atoms with Crippen molar-refractivity contribution >= 4 is 43.6 Å². The lowest BCUT2D eigenvalue weighted by Gasteiger charge is -2.20. The van der Waals surface area contributed by atoms with Gasteiger partial charge in [-0.25, -0.2) is 0 Å². The molecule has 0 atom stereocenters. The van der Waals surface area contributed by atoms with Crippen LogP contribution in [0.3, 0.4) is 0 Å². The van der Waals surface area contributed by atoms with Crippen LogP contribution in [0.1, 0.15) is 50.1 Å². The number of aryl methyl sites for hydroxylation is 8. The highest BCUT2D eigenvalue weighted by molar-refractivity contribution is 6.14. The van der Waals surface area contributed by atoms with Crippen molar-refractivity contribution in [2.75, 3.05) is 0 Å². The highest BCUT2D eigenvalue weighted by Crippen LogP contribution is 2.45. The van der Waals surface area contributed by atoms with Gasteiger partial charge in [0.1, 0.15) is 0 Å².